The molecule has 0 bridgehead atoms. The summed E-state index contributed by atoms with van der Waals surface area (Å²) in [5, 5.41) is 11.4. The molecule has 106 valence electrons. The summed E-state index contributed by atoms with van der Waals surface area (Å²) in [5.74, 6) is -0.218. The minimum Gasteiger partial charge on any atom is -0.289 e. The van der Waals surface area contributed by atoms with E-state index < -0.39 is 4.92 Å². The summed E-state index contributed by atoms with van der Waals surface area (Å²) in [6.07, 6.45) is 2.84. The number of ketones is 1. The van der Waals surface area contributed by atoms with Crippen molar-refractivity contribution < 1.29 is 9.72 Å². The van der Waals surface area contributed by atoms with Crippen LogP contribution in [0.5, 0.6) is 0 Å². The highest BCUT2D eigenvalue weighted by atomic mass is 35.5. The van der Waals surface area contributed by atoms with Gasteiger partial charge < -0.3 is 0 Å². The van der Waals surface area contributed by atoms with Gasteiger partial charge >= 0.3 is 0 Å². The van der Waals surface area contributed by atoms with Gasteiger partial charge in [-0.15, -0.1) is 0 Å². The molecule has 0 N–H and O–H groups in total. The molecule has 6 heteroatoms. The Morgan fingerprint density at radius 1 is 1.10 bits per heavy atom. The zero-order valence-electron chi connectivity index (χ0n) is 10.6. The number of nitro groups is 1. The van der Waals surface area contributed by atoms with Crippen LogP contribution in [0.1, 0.15) is 15.9 Å². The van der Waals surface area contributed by atoms with Crippen LogP contribution >= 0.6 is 23.2 Å². The zero-order chi connectivity index (χ0) is 15.4. The Hall–Kier alpha value is -2.17. The number of nitrogens with zero attached hydrogens (tertiary/aromatic N) is 1. The second kappa shape index (κ2) is 6.52. The largest absolute Gasteiger partial charge is 0.289 e. The Bertz CT molecular complexity index is 724. The molecule has 2 rings (SSSR count). The highest BCUT2D eigenvalue weighted by molar-refractivity contribution is 6.32. The molecule has 0 spiro atoms. The Morgan fingerprint density at radius 2 is 1.76 bits per heavy atom. The molecule has 0 aliphatic carbocycles. The van der Waals surface area contributed by atoms with E-state index in [1.54, 1.807) is 30.3 Å². The van der Waals surface area contributed by atoms with Crippen molar-refractivity contribution in [1.82, 2.24) is 0 Å². The van der Waals surface area contributed by atoms with Crippen LogP contribution in [0.2, 0.25) is 10.0 Å². The molecule has 2 aromatic carbocycles. The summed E-state index contributed by atoms with van der Waals surface area (Å²) in [4.78, 5) is 22.1. The van der Waals surface area contributed by atoms with E-state index in [2.05, 4.69) is 0 Å². The zero-order valence-corrected chi connectivity index (χ0v) is 12.1. The predicted molar refractivity (Wildman–Crippen MR) is 82.9 cm³/mol. The fourth-order valence-corrected chi connectivity index (χ4v) is 1.97. The van der Waals surface area contributed by atoms with Crippen molar-refractivity contribution in [2.75, 3.05) is 0 Å². The van der Waals surface area contributed by atoms with Crippen molar-refractivity contribution in [2.45, 2.75) is 0 Å². The smallest absolute Gasteiger partial charge is 0.288 e. The van der Waals surface area contributed by atoms with Crippen LogP contribution < -0.4 is 0 Å². The fraction of sp³-hybridized carbons (Fsp3) is 0. The normalized spacial score (nSPS) is 10.8. The first-order valence-electron chi connectivity index (χ1n) is 5.89. The Kier molecular flexibility index (Phi) is 4.73. The summed E-state index contributed by atoms with van der Waals surface area (Å²) in [6, 6.07) is 10.8. The quantitative estimate of drug-likeness (QED) is 0.352. The van der Waals surface area contributed by atoms with Crippen molar-refractivity contribution >= 4 is 40.7 Å². The maximum absolute atomic E-state index is 11.9. The topological polar surface area (TPSA) is 60.2 Å². The predicted octanol–water partition coefficient (Wildman–Crippen LogP) is 4.80. The van der Waals surface area contributed by atoms with Crippen LogP contribution in [0.3, 0.4) is 0 Å². The van der Waals surface area contributed by atoms with Gasteiger partial charge in [-0.05, 0) is 42.0 Å². The highest BCUT2D eigenvalue weighted by Crippen LogP contribution is 2.25. The number of carbonyl (C=O) groups excluding carboxylic acids is 1. The molecule has 2 aromatic rings. The van der Waals surface area contributed by atoms with Gasteiger partial charge in [-0.2, -0.15) is 0 Å². The molecule has 4 nitrogen and oxygen atoms in total. The van der Waals surface area contributed by atoms with E-state index >= 15 is 0 Å². The van der Waals surface area contributed by atoms with Crippen LogP contribution in [0, 0.1) is 10.1 Å². The van der Waals surface area contributed by atoms with Crippen molar-refractivity contribution in [3.63, 3.8) is 0 Å². The van der Waals surface area contributed by atoms with Crippen molar-refractivity contribution in [3.8, 4) is 0 Å². The van der Waals surface area contributed by atoms with E-state index in [9.17, 15) is 14.9 Å². The van der Waals surface area contributed by atoms with Gasteiger partial charge in [0.2, 0.25) is 0 Å². The van der Waals surface area contributed by atoms with Crippen LogP contribution in [0.15, 0.2) is 48.5 Å². The van der Waals surface area contributed by atoms with Gasteiger partial charge in [0, 0.05) is 16.7 Å². The first-order valence-corrected chi connectivity index (χ1v) is 6.65. The number of rotatable bonds is 4. The highest BCUT2D eigenvalue weighted by Gasteiger charge is 2.11. The van der Waals surface area contributed by atoms with Gasteiger partial charge in [0.1, 0.15) is 5.02 Å². The van der Waals surface area contributed by atoms with Gasteiger partial charge in [0.15, 0.2) is 5.78 Å². The maximum atomic E-state index is 11.9. The van der Waals surface area contributed by atoms with Gasteiger partial charge in [0.25, 0.3) is 5.69 Å². The second-order valence-electron chi connectivity index (χ2n) is 4.17. The number of carbonyl (C=O) groups is 1. The molecule has 0 aliphatic rings. The Balaban J connectivity index is 2.21. The second-order valence-corrected chi connectivity index (χ2v) is 5.02. The first-order chi connectivity index (χ1) is 9.97. The molecular formula is C15H9Cl2NO3. The third-order valence-electron chi connectivity index (χ3n) is 2.72. The molecule has 0 heterocycles. The molecular weight excluding hydrogens is 313 g/mol. The van der Waals surface area contributed by atoms with Crippen LogP contribution in [0.4, 0.5) is 5.69 Å². The lowest BCUT2D eigenvalue weighted by Gasteiger charge is -1.98. The Labute approximate surface area is 130 Å². The monoisotopic (exact) mass is 321 g/mol. The minimum absolute atomic E-state index is 0.0566. The van der Waals surface area contributed by atoms with E-state index in [1.165, 1.54) is 24.3 Å². The number of halogens is 2. The van der Waals surface area contributed by atoms with E-state index in [-0.39, 0.29) is 16.5 Å². The van der Waals surface area contributed by atoms with Crippen LogP contribution in [-0.2, 0) is 0 Å². The number of allylic oxidation sites excluding steroid dienone is 1. The average Bonchev–Trinajstić information content (AvgIpc) is 2.46. The Morgan fingerprint density at radius 3 is 2.38 bits per heavy atom. The van der Waals surface area contributed by atoms with E-state index in [0.717, 1.165) is 0 Å². The lowest BCUT2D eigenvalue weighted by Crippen LogP contribution is -1.93. The molecule has 0 atom stereocenters. The summed E-state index contributed by atoms with van der Waals surface area (Å²) >= 11 is 11.5. The summed E-state index contributed by atoms with van der Waals surface area (Å²) in [7, 11) is 0. The van der Waals surface area contributed by atoms with Crippen LogP contribution in [-0.4, -0.2) is 10.7 Å². The number of hydrogen-bond acceptors (Lipinski definition) is 3. The first kappa shape index (κ1) is 15.2. The van der Waals surface area contributed by atoms with Crippen molar-refractivity contribution in [1.29, 1.82) is 0 Å². The van der Waals surface area contributed by atoms with E-state index in [0.29, 0.717) is 16.1 Å². The molecule has 0 fully saturated rings. The van der Waals surface area contributed by atoms with Gasteiger partial charge in [0.05, 0.1) is 4.92 Å². The fourth-order valence-electron chi connectivity index (χ4n) is 1.66. The van der Waals surface area contributed by atoms with Gasteiger partial charge in [-0.1, -0.05) is 35.3 Å². The van der Waals surface area contributed by atoms with E-state index in [1.807, 2.05) is 0 Å². The molecule has 0 radical (unpaired) electrons. The number of benzene rings is 2. The molecule has 0 amide bonds. The van der Waals surface area contributed by atoms with Crippen molar-refractivity contribution in [3.05, 3.63) is 79.8 Å². The summed E-state index contributed by atoms with van der Waals surface area (Å²) in [5.41, 5.74) is 0.810. The average molecular weight is 322 g/mol. The molecule has 0 saturated carbocycles. The summed E-state index contributed by atoms with van der Waals surface area (Å²) in [6.45, 7) is 0. The molecule has 0 saturated heterocycles. The number of nitro benzene ring substituents is 1. The van der Waals surface area contributed by atoms with Crippen LogP contribution in [0.25, 0.3) is 6.08 Å². The maximum Gasteiger partial charge on any atom is 0.288 e. The van der Waals surface area contributed by atoms with Gasteiger partial charge in [-0.3, -0.25) is 14.9 Å². The molecule has 0 unspecified atom stereocenters. The standard InChI is InChI=1S/C15H9Cl2NO3/c16-12-5-3-11(4-6-12)15(19)8-2-10-1-7-13(17)14(9-10)18(20)21/h1-9H/b8-2+. The third kappa shape index (κ3) is 3.90. The van der Waals surface area contributed by atoms with Gasteiger partial charge in [-0.25, -0.2) is 0 Å². The third-order valence-corrected chi connectivity index (χ3v) is 3.29. The molecule has 0 aromatic heterocycles. The lowest BCUT2D eigenvalue weighted by atomic mass is 10.1. The number of hydrogen-bond donors (Lipinski definition) is 0. The molecule has 21 heavy (non-hydrogen) atoms. The SMILES string of the molecule is O=C(/C=C/c1ccc(Cl)c([N+](=O)[O-])c1)c1ccc(Cl)cc1. The minimum atomic E-state index is -0.569. The van der Waals surface area contributed by atoms with E-state index in [4.69, 9.17) is 23.2 Å². The lowest BCUT2D eigenvalue weighted by molar-refractivity contribution is -0.384. The molecule has 0 aliphatic heterocycles. The van der Waals surface area contributed by atoms with Crippen molar-refractivity contribution in [2.24, 2.45) is 0 Å². The summed E-state index contributed by atoms with van der Waals surface area (Å²) < 4.78 is 0.